The molecule has 0 unspecified atom stereocenters. The number of amides is 1. The summed E-state index contributed by atoms with van der Waals surface area (Å²) in [4.78, 5) is 17.2. The maximum atomic E-state index is 13.0. The molecule has 34 heavy (non-hydrogen) atoms. The highest BCUT2D eigenvalue weighted by Crippen LogP contribution is 2.32. The Morgan fingerprint density at radius 3 is 2.29 bits per heavy atom. The van der Waals surface area contributed by atoms with Crippen LogP contribution in [0.1, 0.15) is 12.5 Å². The lowest BCUT2D eigenvalue weighted by Crippen LogP contribution is -2.54. The van der Waals surface area contributed by atoms with E-state index in [0.29, 0.717) is 18.0 Å². The third-order valence-corrected chi connectivity index (χ3v) is 6.48. The van der Waals surface area contributed by atoms with E-state index in [2.05, 4.69) is 46.3 Å². The molecular formula is C27H26Cl2N4O. The number of carbonyl (C=O) groups excluding carboxylic acids is 1. The number of aromatic nitrogens is 2. The molecule has 0 saturated carbocycles. The highest BCUT2D eigenvalue weighted by atomic mass is 35.5. The number of piperazine rings is 1. The monoisotopic (exact) mass is 492 g/mol. The van der Waals surface area contributed by atoms with Crippen LogP contribution in [0.2, 0.25) is 5.02 Å². The van der Waals surface area contributed by atoms with Gasteiger partial charge in [0.2, 0.25) is 5.91 Å². The van der Waals surface area contributed by atoms with Crippen molar-refractivity contribution in [2.45, 2.75) is 19.4 Å². The van der Waals surface area contributed by atoms with Crippen LogP contribution in [0.25, 0.3) is 22.0 Å². The molecule has 0 aliphatic carbocycles. The number of hydrogen-bond donors (Lipinski definition) is 0. The van der Waals surface area contributed by atoms with Gasteiger partial charge in [0.15, 0.2) is 5.82 Å². The molecule has 1 atom stereocenters. The molecule has 174 valence electrons. The third-order valence-electron chi connectivity index (χ3n) is 6.23. The van der Waals surface area contributed by atoms with Crippen molar-refractivity contribution in [3.05, 3.63) is 89.4 Å². The van der Waals surface area contributed by atoms with Gasteiger partial charge < -0.3 is 9.80 Å². The van der Waals surface area contributed by atoms with Crippen molar-refractivity contribution < 1.29 is 4.79 Å². The number of fused-ring (bicyclic) bond motifs is 1. The van der Waals surface area contributed by atoms with E-state index >= 15 is 0 Å². The summed E-state index contributed by atoms with van der Waals surface area (Å²) < 4.78 is 0. The van der Waals surface area contributed by atoms with E-state index in [4.69, 9.17) is 11.6 Å². The summed E-state index contributed by atoms with van der Waals surface area (Å²) in [5, 5.41) is 12.1. The molecular weight excluding hydrogens is 467 g/mol. The molecule has 0 N–H and O–H groups in total. The maximum absolute atomic E-state index is 13.0. The molecule has 0 spiro atoms. The van der Waals surface area contributed by atoms with Gasteiger partial charge in [-0.3, -0.25) is 4.79 Å². The van der Waals surface area contributed by atoms with Crippen LogP contribution in [0.5, 0.6) is 0 Å². The Morgan fingerprint density at radius 2 is 1.59 bits per heavy atom. The molecule has 1 saturated heterocycles. The zero-order valence-electron chi connectivity index (χ0n) is 18.9. The van der Waals surface area contributed by atoms with Crippen LogP contribution in [0.15, 0.2) is 78.9 Å². The van der Waals surface area contributed by atoms with Gasteiger partial charge in [-0.2, -0.15) is 0 Å². The highest BCUT2D eigenvalue weighted by molar-refractivity contribution is 6.30. The second kappa shape index (κ2) is 10.4. The van der Waals surface area contributed by atoms with E-state index in [-0.39, 0.29) is 24.4 Å². The molecule has 2 heterocycles. The van der Waals surface area contributed by atoms with Crippen LogP contribution in [0, 0.1) is 0 Å². The van der Waals surface area contributed by atoms with E-state index in [9.17, 15) is 4.79 Å². The van der Waals surface area contributed by atoms with E-state index in [1.54, 1.807) is 0 Å². The Hall–Kier alpha value is -3.15. The molecule has 0 radical (unpaired) electrons. The van der Waals surface area contributed by atoms with Gasteiger partial charge in [-0.25, -0.2) is 0 Å². The van der Waals surface area contributed by atoms with Gasteiger partial charge >= 0.3 is 0 Å². The summed E-state index contributed by atoms with van der Waals surface area (Å²) in [6.07, 6.45) is 0.385. The first-order chi connectivity index (χ1) is 16.1. The molecule has 5 rings (SSSR count). The lowest BCUT2D eigenvalue weighted by molar-refractivity contribution is -0.132. The predicted molar refractivity (Wildman–Crippen MR) is 141 cm³/mol. The molecule has 0 bridgehead atoms. The van der Waals surface area contributed by atoms with Crippen LogP contribution in [0.3, 0.4) is 0 Å². The summed E-state index contributed by atoms with van der Waals surface area (Å²) in [6, 6.07) is 26.0. The van der Waals surface area contributed by atoms with Crippen molar-refractivity contribution in [2.75, 3.05) is 24.5 Å². The number of benzene rings is 3. The number of rotatable bonds is 4. The van der Waals surface area contributed by atoms with Gasteiger partial charge in [0, 0.05) is 47.0 Å². The van der Waals surface area contributed by atoms with Gasteiger partial charge in [0.25, 0.3) is 0 Å². The average Bonchev–Trinajstić information content (AvgIpc) is 2.85. The molecule has 1 amide bonds. The van der Waals surface area contributed by atoms with Crippen LogP contribution >= 0.6 is 24.0 Å². The van der Waals surface area contributed by atoms with E-state index in [1.807, 2.05) is 59.5 Å². The van der Waals surface area contributed by atoms with Gasteiger partial charge in [0.05, 0.1) is 6.42 Å². The fraction of sp³-hybridized carbons (Fsp3) is 0.222. The summed E-state index contributed by atoms with van der Waals surface area (Å²) >= 11 is 5.97. The van der Waals surface area contributed by atoms with Gasteiger partial charge in [-0.1, -0.05) is 78.3 Å². The molecule has 1 fully saturated rings. The first kappa shape index (κ1) is 24.0. The summed E-state index contributed by atoms with van der Waals surface area (Å²) in [7, 11) is 0. The Bertz CT molecular complexity index is 1280. The van der Waals surface area contributed by atoms with Crippen molar-refractivity contribution in [3.8, 4) is 11.3 Å². The van der Waals surface area contributed by atoms with Gasteiger partial charge in [-0.15, -0.1) is 22.6 Å². The van der Waals surface area contributed by atoms with Crippen molar-refractivity contribution in [3.63, 3.8) is 0 Å². The summed E-state index contributed by atoms with van der Waals surface area (Å²) in [5.74, 6) is 1.02. The lowest BCUT2D eigenvalue weighted by atomic mass is 10.0. The molecule has 1 aromatic heterocycles. The number of nitrogens with zero attached hydrogens (tertiary/aromatic N) is 4. The number of anilines is 1. The SMILES string of the molecule is C[C@H]1CN(c2nnc(-c3ccccc3)c3ccccc23)CCN1C(=O)Cc1ccc(Cl)cc1.Cl. The van der Waals surface area contributed by atoms with Crippen molar-refractivity contribution >= 4 is 46.5 Å². The van der Waals surface area contributed by atoms with Crippen LogP contribution in [-0.2, 0) is 11.2 Å². The first-order valence-electron chi connectivity index (χ1n) is 11.2. The smallest absolute Gasteiger partial charge is 0.227 e. The minimum atomic E-state index is 0. The number of halogens is 2. The first-order valence-corrected chi connectivity index (χ1v) is 11.6. The van der Waals surface area contributed by atoms with E-state index < -0.39 is 0 Å². The quantitative estimate of drug-likeness (QED) is 0.369. The normalized spacial score (nSPS) is 15.8. The molecule has 4 aromatic rings. The maximum Gasteiger partial charge on any atom is 0.227 e. The fourth-order valence-corrected chi connectivity index (χ4v) is 4.66. The Morgan fingerprint density at radius 1 is 0.912 bits per heavy atom. The molecule has 7 heteroatoms. The number of carbonyl (C=O) groups is 1. The lowest BCUT2D eigenvalue weighted by Gasteiger charge is -2.40. The topological polar surface area (TPSA) is 49.3 Å². The zero-order valence-corrected chi connectivity index (χ0v) is 20.5. The highest BCUT2D eigenvalue weighted by Gasteiger charge is 2.29. The molecule has 1 aliphatic heterocycles. The fourth-order valence-electron chi connectivity index (χ4n) is 4.53. The largest absolute Gasteiger partial charge is 0.351 e. The number of hydrogen-bond acceptors (Lipinski definition) is 4. The third kappa shape index (κ3) is 4.86. The van der Waals surface area contributed by atoms with Crippen LogP contribution < -0.4 is 4.90 Å². The Kier molecular flexibility index (Phi) is 7.35. The second-order valence-corrected chi connectivity index (χ2v) is 8.91. The van der Waals surface area contributed by atoms with Crippen molar-refractivity contribution in [1.82, 2.24) is 15.1 Å². The minimum Gasteiger partial charge on any atom is -0.351 e. The minimum absolute atomic E-state index is 0. The zero-order chi connectivity index (χ0) is 22.8. The van der Waals surface area contributed by atoms with Crippen molar-refractivity contribution in [2.24, 2.45) is 0 Å². The molecule has 1 aliphatic rings. The van der Waals surface area contributed by atoms with Crippen molar-refractivity contribution in [1.29, 1.82) is 0 Å². The van der Waals surface area contributed by atoms with E-state index in [0.717, 1.165) is 46.5 Å². The average molecular weight is 493 g/mol. The van der Waals surface area contributed by atoms with Gasteiger partial charge in [-0.05, 0) is 24.6 Å². The van der Waals surface area contributed by atoms with E-state index in [1.165, 1.54) is 0 Å². The summed E-state index contributed by atoms with van der Waals surface area (Å²) in [5.41, 5.74) is 2.92. The Balaban J connectivity index is 0.00000274. The van der Waals surface area contributed by atoms with Crippen LogP contribution in [-0.4, -0.2) is 46.7 Å². The van der Waals surface area contributed by atoms with Crippen LogP contribution in [0.4, 0.5) is 5.82 Å². The summed E-state index contributed by atoms with van der Waals surface area (Å²) in [6.45, 7) is 4.19. The second-order valence-electron chi connectivity index (χ2n) is 8.47. The van der Waals surface area contributed by atoms with Gasteiger partial charge in [0.1, 0.15) is 5.69 Å². The Labute approximate surface area is 210 Å². The molecule has 3 aromatic carbocycles. The standard InChI is InChI=1S/C27H25ClN4O.ClH/c1-19-18-31(15-16-32(19)25(33)17-20-11-13-22(28)14-12-20)27-24-10-6-5-9-23(24)26(29-30-27)21-7-3-2-4-8-21;/h2-14,19H,15-18H2,1H3;1H/t19-;/m0./s1. The predicted octanol–water partition coefficient (Wildman–Crippen LogP) is 5.65. The molecule has 5 nitrogen and oxygen atoms in total.